The van der Waals surface area contributed by atoms with E-state index in [2.05, 4.69) is 4.98 Å². The Labute approximate surface area is 155 Å². The Morgan fingerprint density at radius 1 is 1.35 bits per heavy atom. The molecular weight excluding hydrogens is 355 g/mol. The molecule has 0 aliphatic carbocycles. The van der Waals surface area contributed by atoms with Crippen LogP contribution in [-0.4, -0.2) is 27.7 Å². The van der Waals surface area contributed by atoms with Crippen LogP contribution in [0, 0.1) is 24.1 Å². The van der Waals surface area contributed by atoms with Gasteiger partial charge in [-0.25, -0.2) is 9.37 Å². The molecule has 0 spiro atoms. The Balaban J connectivity index is 2.02. The molecule has 2 heterocycles. The lowest BCUT2D eigenvalue weighted by Crippen LogP contribution is -2.44. The number of nitrogens with zero attached hydrogens (tertiary/aromatic N) is 4. The fourth-order valence-electron chi connectivity index (χ4n) is 2.78. The highest BCUT2D eigenvalue weighted by molar-refractivity contribution is 7.81. The van der Waals surface area contributed by atoms with E-state index in [9.17, 15) is 14.3 Å². The second-order valence-electron chi connectivity index (χ2n) is 5.87. The molecule has 8 heteroatoms. The summed E-state index contributed by atoms with van der Waals surface area (Å²) in [7, 11) is 0. The zero-order valence-electron chi connectivity index (χ0n) is 13.9. The largest absolute Gasteiger partial charge is 0.505 e. The smallest absolute Gasteiger partial charge is 0.233 e. The van der Waals surface area contributed by atoms with Gasteiger partial charge in [0.2, 0.25) is 5.91 Å². The van der Waals surface area contributed by atoms with E-state index in [4.69, 9.17) is 17.5 Å². The lowest BCUT2D eigenvalue weighted by Gasteiger charge is -2.29. The van der Waals surface area contributed by atoms with Crippen LogP contribution in [0.1, 0.15) is 24.1 Å². The molecule has 0 unspecified atom stereocenters. The molecule has 132 valence electrons. The summed E-state index contributed by atoms with van der Waals surface area (Å²) in [4.78, 5) is 19.7. The van der Waals surface area contributed by atoms with Crippen molar-refractivity contribution in [3.8, 4) is 11.8 Å². The number of anilines is 2. The highest BCUT2D eigenvalue weighted by Crippen LogP contribution is 2.28. The van der Waals surface area contributed by atoms with Gasteiger partial charge in [-0.2, -0.15) is 5.26 Å². The van der Waals surface area contributed by atoms with E-state index in [1.165, 1.54) is 23.2 Å². The number of nitriles is 1. The number of aromatic hydroxyl groups is 1. The molecule has 0 atom stereocenters. The number of benzene rings is 1. The van der Waals surface area contributed by atoms with Gasteiger partial charge in [0.15, 0.2) is 16.7 Å². The van der Waals surface area contributed by atoms with E-state index in [0.29, 0.717) is 29.9 Å². The average Bonchev–Trinajstić information content (AvgIpc) is 2.75. The molecule has 26 heavy (non-hydrogen) atoms. The molecule has 3 rings (SSSR count). The number of phenols is 1. The third kappa shape index (κ3) is 3.21. The second-order valence-corrected chi connectivity index (χ2v) is 6.24. The molecular formula is C18H15FN4O2S. The van der Waals surface area contributed by atoms with Gasteiger partial charge in [-0.1, -0.05) is 0 Å². The first-order valence-electron chi connectivity index (χ1n) is 7.92. The van der Waals surface area contributed by atoms with Gasteiger partial charge in [0.1, 0.15) is 11.8 Å². The second kappa shape index (κ2) is 7.06. The highest BCUT2D eigenvalue weighted by Gasteiger charge is 2.29. The number of aryl methyl sites for hydroxylation is 1. The summed E-state index contributed by atoms with van der Waals surface area (Å²) in [5, 5.41) is 18.6. The van der Waals surface area contributed by atoms with E-state index in [1.807, 2.05) is 6.07 Å². The summed E-state index contributed by atoms with van der Waals surface area (Å²) >= 11 is 5.51. The third-order valence-corrected chi connectivity index (χ3v) is 4.52. The van der Waals surface area contributed by atoms with E-state index < -0.39 is 11.6 Å². The van der Waals surface area contributed by atoms with Gasteiger partial charge in [-0.05, 0) is 49.3 Å². The summed E-state index contributed by atoms with van der Waals surface area (Å²) in [6.45, 7) is 2.17. The van der Waals surface area contributed by atoms with Crippen LogP contribution in [0.2, 0.25) is 0 Å². The van der Waals surface area contributed by atoms with Crippen molar-refractivity contribution in [3.63, 3.8) is 0 Å². The van der Waals surface area contributed by atoms with Crippen molar-refractivity contribution in [2.45, 2.75) is 19.8 Å². The Hall–Kier alpha value is -3.05. The van der Waals surface area contributed by atoms with Crippen LogP contribution in [0.5, 0.6) is 5.75 Å². The standard InChI is InChI=1S/C18H15FN4O2S/c1-11-7-13(10-21-15(11)9-20)23-17(25)3-2-6-22(18(23)26)12-4-5-16(24)14(19)8-12/h4-5,7-8,10,24H,2-3,6H2,1H3. The van der Waals surface area contributed by atoms with Crippen LogP contribution >= 0.6 is 12.2 Å². The lowest BCUT2D eigenvalue weighted by molar-refractivity contribution is -0.117. The van der Waals surface area contributed by atoms with Crippen LogP contribution in [0.4, 0.5) is 15.8 Å². The van der Waals surface area contributed by atoms with E-state index in [0.717, 1.165) is 0 Å². The van der Waals surface area contributed by atoms with Gasteiger partial charge in [0.25, 0.3) is 0 Å². The van der Waals surface area contributed by atoms with Gasteiger partial charge in [-0.15, -0.1) is 0 Å². The maximum atomic E-state index is 13.8. The minimum absolute atomic E-state index is 0.192. The first-order valence-corrected chi connectivity index (χ1v) is 8.33. The number of carbonyl (C=O) groups is 1. The van der Waals surface area contributed by atoms with Crippen LogP contribution < -0.4 is 9.80 Å². The third-order valence-electron chi connectivity index (χ3n) is 4.11. The van der Waals surface area contributed by atoms with Crippen LogP contribution in [0.3, 0.4) is 0 Å². The van der Waals surface area contributed by atoms with Gasteiger partial charge in [0.05, 0.1) is 11.9 Å². The van der Waals surface area contributed by atoms with Crippen molar-refractivity contribution >= 4 is 34.6 Å². The molecule has 0 bridgehead atoms. The van der Waals surface area contributed by atoms with Crippen molar-refractivity contribution in [1.82, 2.24) is 4.98 Å². The first-order chi connectivity index (χ1) is 12.4. The molecule has 1 aliphatic rings. The zero-order chi connectivity index (χ0) is 18.8. The molecule has 1 aromatic heterocycles. The van der Waals surface area contributed by atoms with Crippen molar-refractivity contribution < 1.29 is 14.3 Å². The molecule has 1 fully saturated rings. The van der Waals surface area contributed by atoms with E-state index in [1.54, 1.807) is 24.0 Å². The summed E-state index contributed by atoms with van der Waals surface area (Å²) < 4.78 is 13.8. The molecule has 1 N–H and O–H groups in total. The number of aromatic nitrogens is 1. The molecule has 2 aromatic rings. The number of thiocarbonyl (C=S) groups is 1. The SMILES string of the molecule is Cc1cc(N2C(=O)CCCN(c3ccc(O)c(F)c3)C2=S)cnc1C#N. The van der Waals surface area contributed by atoms with Crippen LogP contribution in [-0.2, 0) is 4.79 Å². The number of pyridine rings is 1. The van der Waals surface area contributed by atoms with Crippen molar-refractivity contribution in [2.75, 3.05) is 16.3 Å². The van der Waals surface area contributed by atoms with Crippen molar-refractivity contribution in [2.24, 2.45) is 0 Å². The topological polar surface area (TPSA) is 80.5 Å². The van der Waals surface area contributed by atoms with Gasteiger partial charge in [0, 0.05) is 24.7 Å². The van der Waals surface area contributed by atoms with Gasteiger partial charge in [-0.3, -0.25) is 9.69 Å². The van der Waals surface area contributed by atoms with E-state index >= 15 is 0 Å². The fraction of sp³-hybridized carbons (Fsp3) is 0.222. The van der Waals surface area contributed by atoms with Crippen LogP contribution in [0.15, 0.2) is 30.5 Å². The maximum Gasteiger partial charge on any atom is 0.233 e. The number of carbonyl (C=O) groups excluding carboxylic acids is 1. The van der Waals surface area contributed by atoms with Gasteiger partial charge < -0.3 is 10.0 Å². The molecule has 0 saturated carbocycles. The number of halogens is 1. The van der Waals surface area contributed by atoms with Gasteiger partial charge >= 0.3 is 0 Å². The Morgan fingerprint density at radius 2 is 2.12 bits per heavy atom. The summed E-state index contributed by atoms with van der Waals surface area (Å²) in [6.07, 6.45) is 2.24. The maximum absolute atomic E-state index is 13.8. The lowest BCUT2D eigenvalue weighted by atomic mass is 10.2. The quantitative estimate of drug-likeness (QED) is 0.819. The van der Waals surface area contributed by atoms with Crippen molar-refractivity contribution in [3.05, 3.63) is 47.5 Å². The minimum atomic E-state index is -0.761. The Morgan fingerprint density at radius 3 is 2.77 bits per heavy atom. The Bertz CT molecular complexity index is 941. The number of rotatable bonds is 2. The number of hydrogen-bond acceptors (Lipinski definition) is 5. The summed E-state index contributed by atoms with van der Waals surface area (Å²) in [5.74, 6) is -1.40. The minimum Gasteiger partial charge on any atom is -0.505 e. The molecule has 6 nitrogen and oxygen atoms in total. The predicted molar refractivity (Wildman–Crippen MR) is 98.4 cm³/mol. The molecule has 1 saturated heterocycles. The van der Waals surface area contributed by atoms with Crippen LogP contribution in [0.25, 0.3) is 0 Å². The number of phenolic OH excluding ortho intramolecular Hbond substituents is 1. The monoisotopic (exact) mass is 370 g/mol. The van der Waals surface area contributed by atoms with Crippen molar-refractivity contribution in [1.29, 1.82) is 5.26 Å². The predicted octanol–water partition coefficient (Wildman–Crippen LogP) is 3.02. The molecule has 0 radical (unpaired) electrons. The number of hydrogen-bond donors (Lipinski definition) is 1. The Kier molecular flexibility index (Phi) is 4.82. The van der Waals surface area contributed by atoms with E-state index in [-0.39, 0.29) is 23.1 Å². The zero-order valence-corrected chi connectivity index (χ0v) is 14.8. The summed E-state index contributed by atoms with van der Waals surface area (Å²) in [6, 6.07) is 7.63. The highest BCUT2D eigenvalue weighted by atomic mass is 32.1. The molecule has 1 amide bonds. The normalized spacial score (nSPS) is 15.0. The fourth-order valence-corrected chi connectivity index (χ4v) is 3.18. The summed E-state index contributed by atoms with van der Waals surface area (Å²) in [5.41, 5.74) is 1.82. The average molecular weight is 370 g/mol. The number of amides is 1. The first kappa shape index (κ1) is 17.8. The molecule has 1 aromatic carbocycles. The molecule has 1 aliphatic heterocycles.